The van der Waals surface area contributed by atoms with E-state index in [2.05, 4.69) is 0 Å². The third-order valence-electron chi connectivity index (χ3n) is 5.95. The summed E-state index contributed by atoms with van der Waals surface area (Å²) < 4.78 is 19.8. The van der Waals surface area contributed by atoms with E-state index in [0.29, 0.717) is 18.7 Å². The van der Waals surface area contributed by atoms with E-state index in [0.717, 1.165) is 49.0 Å². The van der Waals surface area contributed by atoms with Gasteiger partial charge in [0.1, 0.15) is 11.6 Å². The average Bonchev–Trinajstić information content (AvgIpc) is 3.31. The molecule has 2 aliphatic heterocycles. The smallest absolute Gasteiger partial charge is 0.260 e. The Hall–Kier alpha value is -2.89. The number of amides is 2. The van der Waals surface area contributed by atoms with Crippen LogP contribution in [0.3, 0.4) is 0 Å². The molecule has 30 heavy (non-hydrogen) atoms. The van der Waals surface area contributed by atoms with Crippen molar-refractivity contribution in [2.45, 2.75) is 38.6 Å². The standard InChI is InChI=1S/C24H27FN2O3/c1-2-22(28)27-13-10-17-8-9-20(30-16-23(29)26-11-3-4-12-26)15-21(17)24(27)18-6-5-7-19(25)14-18/h5-9,14-15,24H,2-4,10-13,16H2,1H3/t24-/m1/s1. The Morgan fingerprint density at radius 1 is 1.07 bits per heavy atom. The maximum atomic E-state index is 14.0. The predicted octanol–water partition coefficient (Wildman–Crippen LogP) is 3.71. The Morgan fingerprint density at radius 2 is 1.87 bits per heavy atom. The van der Waals surface area contributed by atoms with E-state index in [1.807, 2.05) is 41.0 Å². The van der Waals surface area contributed by atoms with Crippen LogP contribution in [-0.2, 0) is 16.0 Å². The van der Waals surface area contributed by atoms with Crippen LogP contribution in [0.1, 0.15) is 48.9 Å². The largest absolute Gasteiger partial charge is 0.484 e. The van der Waals surface area contributed by atoms with Gasteiger partial charge in [-0.1, -0.05) is 25.1 Å². The van der Waals surface area contributed by atoms with Gasteiger partial charge in [-0.15, -0.1) is 0 Å². The second-order valence-electron chi connectivity index (χ2n) is 7.89. The molecule has 2 aromatic carbocycles. The van der Waals surface area contributed by atoms with Gasteiger partial charge in [0.15, 0.2) is 6.61 Å². The van der Waals surface area contributed by atoms with Crippen molar-refractivity contribution in [1.82, 2.24) is 9.80 Å². The summed E-state index contributed by atoms with van der Waals surface area (Å²) in [4.78, 5) is 28.6. The fraction of sp³-hybridized carbons (Fsp3) is 0.417. The summed E-state index contributed by atoms with van der Waals surface area (Å²) in [7, 11) is 0. The van der Waals surface area contributed by atoms with Gasteiger partial charge in [0, 0.05) is 26.1 Å². The number of nitrogens with zero attached hydrogens (tertiary/aromatic N) is 2. The monoisotopic (exact) mass is 410 g/mol. The molecule has 1 fully saturated rings. The molecular weight excluding hydrogens is 383 g/mol. The number of carbonyl (C=O) groups excluding carboxylic acids is 2. The molecule has 6 heteroatoms. The summed E-state index contributed by atoms with van der Waals surface area (Å²) in [5.41, 5.74) is 2.78. The van der Waals surface area contributed by atoms with Gasteiger partial charge >= 0.3 is 0 Å². The lowest BCUT2D eigenvalue weighted by Crippen LogP contribution is -2.40. The Balaban J connectivity index is 1.62. The lowest BCUT2D eigenvalue weighted by atomic mass is 9.87. The van der Waals surface area contributed by atoms with Crippen LogP contribution in [0.15, 0.2) is 42.5 Å². The Labute approximate surface area is 176 Å². The van der Waals surface area contributed by atoms with Gasteiger partial charge in [-0.2, -0.15) is 0 Å². The van der Waals surface area contributed by atoms with E-state index in [1.165, 1.54) is 12.1 Å². The summed E-state index contributed by atoms with van der Waals surface area (Å²) in [6, 6.07) is 11.8. The van der Waals surface area contributed by atoms with E-state index >= 15 is 0 Å². The van der Waals surface area contributed by atoms with Gasteiger partial charge in [-0.25, -0.2) is 4.39 Å². The molecular formula is C24H27FN2O3. The summed E-state index contributed by atoms with van der Waals surface area (Å²) in [6.07, 6.45) is 3.21. The highest BCUT2D eigenvalue weighted by Crippen LogP contribution is 2.37. The normalized spacial score (nSPS) is 18.3. The topological polar surface area (TPSA) is 49.9 Å². The first-order chi connectivity index (χ1) is 14.6. The minimum Gasteiger partial charge on any atom is -0.484 e. The number of fused-ring (bicyclic) bond motifs is 1. The molecule has 0 aliphatic carbocycles. The maximum Gasteiger partial charge on any atom is 0.260 e. The van der Waals surface area contributed by atoms with Crippen molar-refractivity contribution in [2.24, 2.45) is 0 Å². The Kier molecular flexibility index (Phi) is 6.02. The summed E-state index contributed by atoms with van der Waals surface area (Å²) in [5.74, 6) is 0.292. The second-order valence-corrected chi connectivity index (χ2v) is 7.89. The third-order valence-corrected chi connectivity index (χ3v) is 5.95. The van der Waals surface area contributed by atoms with E-state index in [1.54, 1.807) is 6.07 Å². The lowest BCUT2D eigenvalue weighted by Gasteiger charge is -2.38. The van der Waals surface area contributed by atoms with Crippen LogP contribution in [0.5, 0.6) is 5.75 Å². The van der Waals surface area contributed by atoms with Gasteiger partial charge in [-0.3, -0.25) is 9.59 Å². The quantitative estimate of drug-likeness (QED) is 0.755. The van der Waals surface area contributed by atoms with E-state index in [4.69, 9.17) is 4.74 Å². The van der Waals surface area contributed by atoms with Gasteiger partial charge in [-0.05, 0) is 60.2 Å². The first-order valence-corrected chi connectivity index (χ1v) is 10.6. The molecule has 1 atom stereocenters. The Bertz CT molecular complexity index is 940. The molecule has 4 rings (SSSR count). The molecule has 0 aromatic heterocycles. The van der Waals surface area contributed by atoms with Crippen LogP contribution in [0.2, 0.25) is 0 Å². The molecule has 2 amide bonds. The number of rotatable bonds is 5. The van der Waals surface area contributed by atoms with Crippen molar-refractivity contribution in [3.63, 3.8) is 0 Å². The van der Waals surface area contributed by atoms with Gasteiger partial charge in [0.2, 0.25) is 5.91 Å². The molecule has 0 saturated carbocycles. The molecule has 0 radical (unpaired) electrons. The maximum absolute atomic E-state index is 14.0. The minimum absolute atomic E-state index is 0.00102. The van der Waals surface area contributed by atoms with Crippen molar-refractivity contribution < 1.29 is 18.7 Å². The SMILES string of the molecule is CCC(=O)N1CCc2ccc(OCC(=O)N3CCCC3)cc2[C@H]1c1cccc(F)c1. The first-order valence-electron chi connectivity index (χ1n) is 10.6. The highest BCUT2D eigenvalue weighted by molar-refractivity contribution is 5.78. The number of ether oxygens (including phenoxy) is 1. The van der Waals surface area contributed by atoms with Crippen LogP contribution in [0.4, 0.5) is 4.39 Å². The van der Waals surface area contributed by atoms with Gasteiger partial charge in [0.05, 0.1) is 6.04 Å². The molecule has 0 bridgehead atoms. The van der Waals surface area contributed by atoms with Crippen molar-refractivity contribution in [1.29, 1.82) is 0 Å². The molecule has 2 aromatic rings. The number of carbonyl (C=O) groups is 2. The lowest BCUT2D eigenvalue weighted by molar-refractivity contribution is -0.133. The molecule has 0 unspecified atom stereocenters. The number of likely N-dealkylation sites (tertiary alicyclic amines) is 1. The highest BCUT2D eigenvalue weighted by atomic mass is 19.1. The van der Waals surface area contributed by atoms with E-state index in [9.17, 15) is 14.0 Å². The number of hydrogen-bond acceptors (Lipinski definition) is 3. The van der Waals surface area contributed by atoms with Crippen molar-refractivity contribution in [3.05, 3.63) is 65.0 Å². The molecule has 2 aliphatic rings. The van der Waals surface area contributed by atoms with Crippen LogP contribution in [0.25, 0.3) is 0 Å². The number of benzene rings is 2. The zero-order valence-corrected chi connectivity index (χ0v) is 17.3. The zero-order valence-electron chi connectivity index (χ0n) is 17.3. The fourth-order valence-electron chi connectivity index (χ4n) is 4.39. The zero-order chi connectivity index (χ0) is 21.1. The third kappa shape index (κ3) is 4.18. The van der Waals surface area contributed by atoms with Crippen molar-refractivity contribution >= 4 is 11.8 Å². The predicted molar refractivity (Wildman–Crippen MR) is 112 cm³/mol. The van der Waals surface area contributed by atoms with E-state index < -0.39 is 0 Å². The van der Waals surface area contributed by atoms with Gasteiger partial charge in [0.25, 0.3) is 5.91 Å². The molecule has 5 nitrogen and oxygen atoms in total. The molecule has 158 valence electrons. The van der Waals surface area contributed by atoms with Crippen LogP contribution in [-0.4, -0.2) is 47.9 Å². The summed E-state index contributed by atoms with van der Waals surface area (Å²) in [6.45, 7) is 4.02. The number of hydrogen-bond donors (Lipinski definition) is 0. The van der Waals surface area contributed by atoms with E-state index in [-0.39, 0.29) is 30.3 Å². The highest BCUT2D eigenvalue weighted by Gasteiger charge is 2.32. The van der Waals surface area contributed by atoms with Crippen LogP contribution in [0, 0.1) is 5.82 Å². The second kappa shape index (κ2) is 8.86. The number of halogens is 1. The van der Waals surface area contributed by atoms with Crippen LogP contribution < -0.4 is 4.74 Å². The van der Waals surface area contributed by atoms with Crippen molar-refractivity contribution in [2.75, 3.05) is 26.2 Å². The first kappa shape index (κ1) is 20.4. The Morgan fingerprint density at radius 3 is 2.60 bits per heavy atom. The minimum atomic E-state index is -0.366. The molecule has 2 heterocycles. The average molecular weight is 410 g/mol. The van der Waals surface area contributed by atoms with Crippen LogP contribution >= 0.6 is 0 Å². The van der Waals surface area contributed by atoms with Gasteiger partial charge < -0.3 is 14.5 Å². The molecule has 0 spiro atoms. The van der Waals surface area contributed by atoms with Crippen molar-refractivity contribution in [3.8, 4) is 5.75 Å². The summed E-state index contributed by atoms with van der Waals surface area (Å²) >= 11 is 0. The summed E-state index contributed by atoms with van der Waals surface area (Å²) in [5, 5.41) is 0. The molecule has 1 saturated heterocycles. The molecule has 0 N–H and O–H groups in total. The fourth-order valence-corrected chi connectivity index (χ4v) is 4.39.